The van der Waals surface area contributed by atoms with Gasteiger partial charge in [-0.15, -0.1) is 11.8 Å². The lowest BCUT2D eigenvalue weighted by atomic mass is 10.1. The zero-order chi connectivity index (χ0) is 11.3. The Labute approximate surface area is 95.0 Å². The summed E-state index contributed by atoms with van der Waals surface area (Å²) in [4.78, 5) is 12.5. The van der Waals surface area contributed by atoms with Crippen molar-refractivity contribution in [1.29, 1.82) is 0 Å². The van der Waals surface area contributed by atoms with E-state index in [1.165, 1.54) is 4.90 Å². The third kappa shape index (κ3) is 3.96. The Bertz CT molecular complexity index is 317. The zero-order valence-electron chi connectivity index (χ0n) is 9.32. The Morgan fingerprint density at radius 2 is 1.93 bits per heavy atom. The van der Waals surface area contributed by atoms with Crippen LogP contribution >= 0.6 is 11.8 Å². The molecule has 0 amide bonds. The third-order valence-corrected chi connectivity index (χ3v) is 2.83. The van der Waals surface area contributed by atoms with E-state index < -0.39 is 0 Å². The quantitative estimate of drug-likeness (QED) is 0.719. The standard InChI is InChI=1S/C12H16O2S/c1-9(2)12(13)8-14-10-4-6-11(15-3)7-5-10/h4-7,9H,8H2,1-3H3. The molecule has 15 heavy (non-hydrogen) atoms. The average molecular weight is 224 g/mol. The number of rotatable bonds is 5. The van der Waals surface area contributed by atoms with Crippen molar-refractivity contribution < 1.29 is 9.53 Å². The molecule has 1 aromatic carbocycles. The van der Waals surface area contributed by atoms with Crippen LogP contribution < -0.4 is 4.74 Å². The fourth-order valence-corrected chi connectivity index (χ4v) is 1.40. The molecular weight excluding hydrogens is 208 g/mol. The summed E-state index contributed by atoms with van der Waals surface area (Å²) in [5.74, 6) is 0.918. The summed E-state index contributed by atoms with van der Waals surface area (Å²) in [6, 6.07) is 7.75. The highest BCUT2D eigenvalue weighted by atomic mass is 32.2. The van der Waals surface area contributed by atoms with Crippen LogP contribution in [0.1, 0.15) is 13.8 Å². The van der Waals surface area contributed by atoms with E-state index in [1.54, 1.807) is 11.8 Å². The minimum atomic E-state index is 0.0375. The average Bonchev–Trinajstić information content (AvgIpc) is 2.26. The number of carbonyl (C=O) groups is 1. The van der Waals surface area contributed by atoms with Gasteiger partial charge >= 0.3 is 0 Å². The molecule has 3 heteroatoms. The van der Waals surface area contributed by atoms with E-state index in [-0.39, 0.29) is 18.3 Å². The highest BCUT2D eigenvalue weighted by Crippen LogP contribution is 2.18. The molecule has 0 aliphatic carbocycles. The number of ether oxygens (including phenoxy) is 1. The van der Waals surface area contributed by atoms with Crippen molar-refractivity contribution in [3.05, 3.63) is 24.3 Å². The first kappa shape index (κ1) is 12.1. The van der Waals surface area contributed by atoms with Gasteiger partial charge in [-0.25, -0.2) is 0 Å². The molecule has 0 aliphatic heterocycles. The summed E-state index contributed by atoms with van der Waals surface area (Å²) >= 11 is 1.68. The van der Waals surface area contributed by atoms with Crippen LogP contribution in [0.5, 0.6) is 5.75 Å². The van der Waals surface area contributed by atoms with Crippen molar-refractivity contribution >= 4 is 17.5 Å². The summed E-state index contributed by atoms with van der Waals surface area (Å²) in [6.45, 7) is 3.92. The predicted molar refractivity (Wildman–Crippen MR) is 63.6 cm³/mol. The third-order valence-electron chi connectivity index (χ3n) is 2.08. The minimum absolute atomic E-state index is 0.0375. The maximum absolute atomic E-state index is 11.3. The van der Waals surface area contributed by atoms with Crippen molar-refractivity contribution in [1.82, 2.24) is 0 Å². The normalized spacial score (nSPS) is 10.4. The van der Waals surface area contributed by atoms with E-state index in [9.17, 15) is 4.79 Å². The molecular formula is C12H16O2S. The molecule has 0 N–H and O–H groups in total. The highest BCUT2D eigenvalue weighted by molar-refractivity contribution is 7.98. The van der Waals surface area contributed by atoms with Gasteiger partial charge in [0.1, 0.15) is 12.4 Å². The molecule has 0 unspecified atom stereocenters. The first-order valence-electron chi connectivity index (χ1n) is 4.93. The van der Waals surface area contributed by atoms with Gasteiger partial charge in [-0.2, -0.15) is 0 Å². The molecule has 0 atom stereocenters. The molecule has 0 radical (unpaired) electrons. The fraction of sp³-hybridized carbons (Fsp3) is 0.417. The maximum atomic E-state index is 11.3. The van der Waals surface area contributed by atoms with Crippen LogP contribution in [0, 0.1) is 5.92 Å². The molecule has 82 valence electrons. The molecule has 0 bridgehead atoms. The van der Waals surface area contributed by atoms with Crippen LogP contribution in [0.4, 0.5) is 0 Å². The Hall–Kier alpha value is -0.960. The van der Waals surface area contributed by atoms with Crippen molar-refractivity contribution in [2.45, 2.75) is 18.7 Å². The van der Waals surface area contributed by atoms with Gasteiger partial charge in [0.2, 0.25) is 0 Å². The highest BCUT2D eigenvalue weighted by Gasteiger charge is 2.07. The van der Waals surface area contributed by atoms with Gasteiger partial charge in [0.25, 0.3) is 0 Å². The molecule has 2 nitrogen and oxygen atoms in total. The molecule has 1 aromatic rings. The summed E-state index contributed by atoms with van der Waals surface area (Å²) in [5, 5.41) is 0. The van der Waals surface area contributed by atoms with Crippen LogP contribution in [0.25, 0.3) is 0 Å². The summed E-state index contributed by atoms with van der Waals surface area (Å²) in [5.41, 5.74) is 0. The van der Waals surface area contributed by atoms with Crippen LogP contribution in [-0.2, 0) is 4.79 Å². The molecule has 1 rings (SSSR count). The smallest absolute Gasteiger partial charge is 0.172 e. The van der Waals surface area contributed by atoms with Crippen molar-refractivity contribution in [2.24, 2.45) is 5.92 Å². The second-order valence-electron chi connectivity index (χ2n) is 3.59. The Morgan fingerprint density at radius 3 is 2.40 bits per heavy atom. The lowest BCUT2D eigenvalue weighted by molar-refractivity contribution is -0.123. The van der Waals surface area contributed by atoms with Crippen LogP contribution in [-0.4, -0.2) is 18.6 Å². The van der Waals surface area contributed by atoms with Gasteiger partial charge in [0, 0.05) is 10.8 Å². The van der Waals surface area contributed by atoms with Gasteiger partial charge in [-0.1, -0.05) is 13.8 Å². The number of benzene rings is 1. The lowest BCUT2D eigenvalue weighted by Crippen LogP contribution is -2.16. The molecule has 0 spiro atoms. The van der Waals surface area contributed by atoms with Gasteiger partial charge in [-0.3, -0.25) is 4.79 Å². The first-order chi connectivity index (χ1) is 7.13. The summed E-state index contributed by atoms with van der Waals surface area (Å²) < 4.78 is 5.37. The van der Waals surface area contributed by atoms with E-state index in [0.717, 1.165) is 5.75 Å². The number of hydrogen-bond acceptors (Lipinski definition) is 3. The predicted octanol–water partition coefficient (Wildman–Crippen LogP) is 3.01. The largest absolute Gasteiger partial charge is 0.486 e. The lowest BCUT2D eigenvalue weighted by Gasteiger charge is -2.07. The molecule has 0 saturated carbocycles. The first-order valence-corrected chi connectivity index (χ1v) is 6.15. The number of carbonyl (C=O) groups excluding carboxylic acids is 1. The van der Waals surface area contributed by atoms with E-state index in [0.29, 0.717) is 0 Å². The maximum Gasteiger partial charge on any atom is 0.172 e. The van der Waals surface area contributed by atoms with Gasteiger partial charge in [0.15, 0.2) is 5.78 Å². The van der Waals surface area contributed by atoms with Gasteiger partial charge < -0.3 is 4.74 Å². The van der Waals surface area contributed by atoms with Crippen LogP contribution in [0.2, 0.25) is 0 Å². The fourth-order valence-electron chi connectivity index (χ4n) is 0.993. The minimum Gasteiger partial charge on any atom is -0.486 e. The second kappa shape index (κ2) is 5.81. The van der Waals surface area contributed by atoms with Crippen LogP contribution in [0.3, 0.4) is 0 Å². The number of ketones is 1. The molecule has 0 saturated heterocycles. The Morgan fingerprint density at radius 1 is 1.33 bits per heavy atom. The van der Waals surface area contributed by atoms with E-state index >= 15 is 0 Å². The number of thioether (sulfide) groups is 1. The van der Waals surface area contributed by atoms with Crippen molar-refractivity contribution in [3.63, 3.8) is 0 Å². The van der Waals surface area contributed by atoms with Crippen molar-refractivity contribution in [2.75, 3.05) is 12.9 Å². The summed E-state index contributed by atoms with van der Waals surface area (Å²) in [7, 11) is 0. The van der Waals surface area contributed by atoms with Gasteiger partial charge in [-0.05, 0) is 30.5 Å². The molecule has 0 aromatic heterocycles. The molecule has 0 fully saturated rings. The molecule has 0 heterocycles. The van der Waals surface area contributed by atoms with E-state index in [1.807, 2.05) is 44.4 Å². The SMILES string of the molecule is CSc1ccc(OCC(=O)C(C)C)cc1. The topological polar surface area (TPSA) is 26.3 Å². The van der Waals surface area contributed by atoms with E-state index in [4.69, 9.17) is 4.74 Å². The molecule has 0 aliphatic rings. The van der Waals surface area contributed by atoms with Gasteiger partial charge in [0.05, 0.1) is 0 Å². The van der Waals surface area contributed by atoms with E-state index in [2.05, 4.69) is 0 Å². The Balaban J connectivity index is 2.47. The second-order valence-corrected chi connectivity index (χ2v) is 4.46. The zero-order valence-corrected chi connectivity index (χ0v) is 10.1. The number of hydrogen-bond donors (Lipinski definition) is 0. The monoisotopic (exact) mass is 224 g/mol. The summed E-state index contributed by atoms with van der Waals surface area (Å²) in [6.07, 6.45) is 2.03. The van der Waals surface area contributed by atoms with Crippen molar-refractivity contribution in [3.8, 4) is 5.75 Å². The Kier molecular flexibility index (Phi) is 4.69. The number of Topliss-reactive ketones (excluding diaryl/α,β-unsaturated/α-hetero) is 1. The van der Waals surface area contributed by atoms with Crippen LogP contribution in [0.15, 0.2) is 29.2 Å².